The van der Waals surface area contributed by atoms with Crippen molar-refractivity contribution in [1.29, 1.82) is 0 Å². The highest BCUT2D eigenvalue weighted by atomic mass is 15.3. The molecule has 1 saturated carbocycles. The van der Waals surface area contributed by atoms with Crippen molar-refractivity contribution in [3.05, 3.63) is 0 Å². The molecule has 2 fully saturated rings. The van der Waals surface area contributed by atoms with E-state index in [1.54, 1.807) is 0 Å². The fraction of sp³-hybridized carbons (Fsp3) is 1.00. The number of piperazine rings is 1. The second-order valence-corrected chi connectivity index (χ2v) is 7.09. The first-order valence-corrected chi connectivity index (χ1v) is 8.48. The number of nitrogens with one attached hydrogen (secondary N) is 1. The Morgan fingerprint density at radius 2 is 1.85 bits per heavy atom. The Kier molecular flexibility index (Phi) is 6.27. The molecule has 4 heteroatoms. The minimum atomic E-state index is 0.661. The van der Waals surface area contributed by atoms with E-state index in [0.29, 0.717) is 23.9 Å². The first kappa shape index (κ1) is 16.2. The Labute approximate surface area is 125 Å². The molecule has 0 aromatic carbocycles. The van der Waals surface area contributed by atoms with Crippen molar-refractivity contribution in [2.45, 2.75) is 45.2 Å². The van der Waals surface area contributed by atoms with Gasteiger partial charge in [0.2, 0.25) is 0 Å². The molecule has 0 spiro atoms. The first-order chi connectivity index (χ1) is 9.61. The van der Waals surface area contributed by atoms with E-state index in [1.165, 1.54) is 45.4 Å². The number of hydrogen-bond acceptors (Lipinski definition) is 4. The minimum Gasteiger partial charge on any atom is -0.330 e. The van der Waals surface area contributed by atoms with Gasteiger partial charge in [-0.2, -0.15) is 0 Å². The van der Waals surface area contributed by atoms with E-state index >= 15 is 0 Å². The van der Waals surface area contributed by atoms with Gasteiger partial charge in [-0.05, 0) is 38.3 Å². The summed E-state index contributed by atoms with van der Waals surface area (Å²) in [6, 6.07) is 1.33. The predicted molar refractivity (Wildman–Crippen MR) is 85.9 cm³/mol. The van der Waals surface area contributed by atoms with Crippen LogP contribution in [-0.2, 0) is 0 Å². The molecule has 118 valence electrons. The van der Waals surface area contributed by atoms with Crippen LogP contribution in [0, 0.1) is 11.8 Å². The summed E-state index contributed by atoms with van der Waals surface area (Å²) in [7, 11) is 2.23. The Morgan fingerprint density at radius 3 is 2.45 bits per heavy atom. The fourth-order valence-corrected chi connectivity index (χ4v) is 3.80. The summed E-state index contributed by atoms with van der Waals surface area (Å²) >= 11 is 0. The van der Waals surface area contributed by atoms with Gasteiger partial charge in [0.15, 0.2) is 0 Å². The highest BCUT2D eigenvalue weighted by Gasteiger charge is 2.29. The van der Waals surface area contributed by atoms with E-state index in [-0.39, 0.29) is 0 Å². The number of likely N-dealkylation sites (N-methyl/N-ethyl adjacent to an activating group) is 1. The molecule has 0 radical (unpaired) electrons. The second kappa shape index (κ2) is 7.74. The van der Waals surface area contributed by atoms with Gasteiger partial charge in [0.1, 0.15) is 0 Å². The lowest BCUT2D eigenvalue weighted by molar-refractivity contribution is 0.0852. The van der Waals surface area contributed by atoms with Crippen molar-refractivity contribution in [3.63, 3.8) is 0 Å². The number of rotatable bonds is 6. The van der Waals surface area contributed by atoms with Gasteiger partial charge in [0.25, 0.3) is 0 Å². The summed E-state index contributed by atoms with van der Waals surface area (Å²) in [5.74, 6) is 1.42. The quantitative estimate of drug-likeness (QED) is 0.762. The van der Waals surface area contributed by atoms with Crippen molar-refractivity contribution >= 4 is 0 Å². The Hall–Kier alpha value is -0.160. The summed E-state index contributed by atoms with van der Waals surface area (Å²) in [6.07, 6.45) is 3.98. The van der Waals surface area contributed by atoms with Crippen LogP contribution in [0.5, 0.6) is 0 Å². The van der Waals surface area contributed by atoms with Crippen molar-refractivity contribution in [2.75, 3.05) is 46.3 Å². The minimum absolute atomic E-state index is 0.661. The van der Waals surface area contributed by atoms with Crippen LogP contribution < -0.4 is 11.1 Å². The lowest BCUT2D eigenvalue weighted by atomic mass is 9.99. The van der Waals surface area contributed by atoms with Crippen LogP contribution in [0.2, 0.25) is 0 Å². The molecule has 3 N–H and O–H groups in total. The summed E-state index contributed by atoms with van der Waals surface area (Å²) < 4.78 is 0. The van der Waals surface area contributed by atoms with Crippen molar-refractivity contribution in [2.24, 2.45) is 17.6 Å². The maximum absolute atomic E-state index is 5.89. The molecule has 20 heavy (non-hydrogen) atoms. The predicted octanol–water partition coefficient (Wildman–Crippen LogP) is 0.975. The molecule has 4 nitrogen and oxygen atoms in total. The van der Waals surface area contributed by atoms with E-state index in [4.69, 9.17) is 5.73 Å². The molecule has 0 aromatic rings. The molecular weight excluding hydrogens is 248 g/mol. The highest BCUT2D eigenvalue weighted by Crippen LogP contribution is 2.25. The number of hydrogen-bond donors (Lipinski definition) is 2. The maximum Gasteiger partial charge on any atom is 0.0244 e. The van der Waals surface area contributed by atoms with Gasteiger partial charge < -0.3 is 16.0 Å². The summed E-state index contributed by atoms with van der Waals surface area (Å²) in [4.78, 5) is 5.12. The smallest absolute Gasteiger partial charge is 0.0244 e. The summed E-state index contributed by atoms with van der Waals surface area (Å²) in [6.45, 7) is 11.5. The third kappa shape index (κ3) is 4.17. The molecule has 2 rings (SSSR count). The van der Waals surface area contributed by atoms with Crippen LogP contribution in [0.15, 0.2) is 0 Å². The Morgan fingerprint density at radius 1 is 1.15 bits per heavy atom. The van der Waals surface area contributed by atoms with Gasteiger partial charge in [0.05, 0.1) is 0 Å². The van der Waals surface area contributed by atoms with Gasteiger partial charge in [-0.1, -0.05) is 20.3 Å². The van der Waals surface area contributed by atoms with Crippen LogP contribution in [0.25, 0.3) is 0 Å². The monoisotopic (exact) mass is 282 g/mol. The molecule has 1 aliphatic carbocycles. The molecular formula is C16H34N4. The Balaban J connectivity index is 1.83. The van der Waals surface area contributed by atoms with Crippen molar-refractivity contribution in [1.82, 2.24) is 15.1 Å². The van der Waals surface area contributed by atoms with Gasteiger partial charge in [-0.15, -0.1) is 0 Å². The zero-order chi connectivity index (χ0) is 14.5. The molecule has 3 atom stereocenters. The third-order valence-corrected chi connectivity index (χ3v) is 5.33. The van der Waals surface area contributed by atoms with Crippen LogP contribution in [-0.4, -0.2) is 68.2 Å². The molecule has 1 aliphatic heterocycles. The van der Waals surface area contributed by atoms with Crippen LogP contribution >= 0.6 is 0 Å². The standard InChI is InChI=1S/C16H34N4/c1-13(2)16(20-9-7-19(3)8-10-20)12-18-15-6-4-5-14(15)11-17/h13-16,18H,4-12,17H2,1-3H3. The summed E-state index contributed by atoms with van der Waals surface area (Å²) in [5, 5.41) is 3.84. The van der Waals surface area contributed by atoms with Gasteiger partial charge in [-0.25, -0.2) is 0 Å². The SMILES string of the molecule is CC(C)C(CNC1CCCC1CN)N1CCN(C)CC1. The van der Waals surface area contributed by atoms with E-state index < -0.39 is 0 Å². The van der Waals surface area contributed by atoms with Gasteiger partial charge >= 0.3 is 0 Å². The van der Waals surface area contributed by atoms with E-state index in [1.807, 2.05) is 0 Å². The zero-order valence-electron chi connectivity index (χ0n) is 13.6. The molecule has 3 unspecified atom stereocenters. The van der Waals surface area contributed by atoms with Crippen LogP contribution in [0.3, 0.4) is 0 Å². The fourth-order valence-electron chi connectivity index (χ4n) is 3.80. The van der Waals surface area contributed by atoms with Crippen LogP contribution in [0.4, 0.5) is 0 Å². The second-order valence-electron chi connectivity index (χ2n) is 7.09. The summed E-state index contributed by atoms with van der Waals surface area (Å²) in [5.41, 5.74) is 5.89. The van der Waals surface area contributed by atoms with Crippen molar-refractivity contribution < 1.29 is 0 Å². The Bertz CT molecular complexity index is 274. The third-order valence-electron chi connectivity index (χ3n) is 5.33. The lowest BCUT2D eigenvalue weighted by Gasteiger charge is -2.40. The van der Waals surface area contributed by atoms with E-state index in [2.05, 4.69) is 36.0 Å². The molecule has 0 aromatic heterocycles. The highest BCUT2D eigenvalue weighted by molar-refractivity contribution is 4.87. The van der Waals surface area contributed by atoms with Crippen molar-refractivity contribution in [3.8, 4) is 0 Å². The first-order valence-electron chi connectivity index (χ1n) is 8.48. The van der Waals surface area contributed by atoms with Gasteiger partial charge in [-0.3, -0.25) is 4.90 Å². The largest absolute Gasteiger partial charge is 0.330 e. The maximum atomic E-state index is 5.89. The van der Waals surface area contributed by atoms with E-state index in [9.17, 15) is 0 Å². The topological polar surface area (TPSA) is 44.5 Å². The average molecular weight is 282 g/mol. The molecule has 2 aliphatic rings. The van der Waals surface area contributed by atoms with Crippen LogP contribution in [0.1, 0.15) is 33.1 Å². The number of nitrogens with two attached hydrogens (primary N) is 1. The normalized spacial score (nSPS) is 31.1. The molecule has 0 bridgehead atoms. The zero-order valence-corrected chi connectivity index (χ0v) is 13.6. The van der Waals surface area contributed by atoms with Gasteiger partial charge in [0, 0.05) is 44.8 Å². The molecule has 1 heterocycles. The molecule has 1 saturated heterocycles. The average Bonchev–Trinajstić information content (AvgIpc) is 2.88. The van der Waals surface area contributed by atoms with E-state index in [0.717, 1.165) is 13.1 Å². The number of nitrogens with zero attached hydrogens (tertiary/aromatic N) is 2. The lowest BCUT2D eigenvalue weighted by Crippen LogP contribution is -2.55. The molecule has 0 amide bonds.